The van der Waals surface area contributed by atoms with E-state index in [0.29, 0.717) is 23.6 Å². The van der Waals surface area contributed by atoms with E-state index in [9.17, 15) is 13.2 Å². The number of aryl methyl sites for hydroxylation is 1. The second-order valence-corrected chi connectivity index (χ2v) is 8.66. The summed E-state index contributed by atoms with van der Waals surface area (Å²) in [4.78, 5) is 12.3. The minimum Gasteiger partial charge on any atom is -0.455 e. The molecule has 2 aromatic carbocycles. The minimum absolute atomic E-state index is 0.0991. The molecular weight excluding hydrogens is 338 g/mol. The number of sulfone groups is 1. The van der Waals surface area contributed by atoms with Gasteiger partial charge in [0.2, 0.25) is 5.91 Å². The molecule has 1 unspecified atom stereocenters. The molecule has 0 aliphatic carbocycles. The highest BCUT2D eigenvalue weighted by atomic mass is 32.2. The molecule has 0 radical (unpaired) electrons. The first kappa shape index (κ1) is 17.5. The predicted molar refractivity (Wildman–Crippen MR) is 97.7 cm³/mol. The van der Waals surface area contributed by atoms with Crippen molar-refractivity contribution in [1.29, 1.82) is 0 Å². The molecule has 132 valence electrons. The van der Waals surface area contributed by atoms with E-state index in [1.54, 1.807) is 12.1 Å². The van der Waals surface area contributed by atoms with Gasteiger partial charge in [0.25, 0.3) is 0 Å². The molecule has 25 heavy (non-hydrogen) atoms. The van der Waals surface area contributed by atoms with Crippen LogP contribution in [-0.4, -0.2) is 25.8 Å². The lowest BCUT2D eigenvalue weighted by atomic mass is 10.0. The third-order valence-corrected chi connectivity index (χ3v) is 6.02. The van der Waals surface area contributed by atoms with Gasteiger partial charge in [0.1, 0.15) is 5.75 Å². The fourth-order valence-electron chi connectivity index (χ4n) is 2.96. The van der Waals surface area contributed by atoms with E-state index in [4.69, 9.17) is 4.74 Å². The number of carbonyl (C=O) groups excluding carboxylic acids is 1. The summed E-state index contributed by atoms with van der Waals surface area (Å²) in [5.74, 6) is 1.24. The average Bonchev–Trinajstić information content (AvgIpc) is 2.88. The largest absolute Gasteiger partial charge is 0.455 e. The fourth-order valence-corrected chi connectivity index (χ4v) is 4.82. The van der Waals surface area contributed by atoms with Gasteiger partial charge in [0.05, 0.1) is 17.2 Å². The molecule has 1 N–H and O–H groups in total. The van der Waals surface area contributed by atoms with Crippen molar-refractivity contribution in [2.24, 2.45) is 5.92 Å². The third-order valence-electron chi connectivity index (χ3n) is 4.18. The van der Waals surface area contributed by atoms with Gasteiger partial charge in [-0.15, -0.1) is 0 Å². The molecule has 2 aromatic rings. The van der Waals surface area contributed by atoms with Crippen molar-refractivity contribution in [2.75, 3.05) is 16.8 Å². The van der Waals surface area contributed by atoms with Crippen molar-refractivity contribution in [3.05, 3.63) is 54.1 Å². The quantitative estimate of drug-likeness (QED) is 0.886. The van der Waals surface area contributed by atoms with Crippen LogP contribution in [0.2, 0.25) is 0 Å². The van der Waals surface area contributed by atoms with E-state index in [-0.39, 0.29) is 29.8 Å². The molecular formula is C19H21NO4S. The minimum atomic E-state index is -2.97. The molecule has 1 aliphatic heterocycles. The molecule has 0 spiro atoms. The second kappa shape index (κ2) is 7.27. The summed E-state index contributed by atoms with van der Waals surface area (Å²) in [7, 11) is -2.97. The van der Waals surface area contributed by atoms with Crippen LogP contribution < -0.4 is 10.1 Å². The van der Waals surface area contributed by atoms with E-state index < -0.39 is 9.84 Å². The van der Waals surface area contributed by atoms with E-state index in [1.807, 2.05) is 43.3 Å². The van der Waals surface area contributed by atoms with Gasteiger partial charge in [-0.05, 0) is 49.1 Å². The average molecular weight is 359 g/mol. The van der Waals surface area contributed by atoms with Crippen LogP contribution in [0.1, 0.15) is 18.4 Å². The lowest BCUT2D eigenvalue weighted by molar-refractivity contribution is -0.116. The van der Waals surface area contributed by atoms with Crippen LogP contribution in [0.25, 0.3) is 0 Å². The van der Waals surface area contributed by atoms with Crippen LogP contribution in [0.5, 0.6) is 11.5 Å². The molecule has 1 amide bonds. The Labute approximate surface area is 147 Å². The van der Waals surface area contributed by atoms with Gasteiger partial charge < -0.3 is 10.1 Å². The van der Waals surface area contributed by atoms with Crippen molar-refractivity contribution in [3.63, 3.8) is 0 Å². The molecule has 1 heterocycles. The lowest BCUT2D eigenvalue weighted by Gasteiger charge is -2.13. The summed E-state index contributed by atoms with van der Waals surface area (Å²) >= 11 is 0. The van der Waals surface area contributed by atoms with Crippen molar-refractivity contribution in [2.45, 2.75) is 19.8 Å². The summed E-state index contributed by atoms with van der Waals surface area (Å²) in [6, 6.07) is 14.9. The van der Waals surface area contributed by atoms with E-state index in [2.05, 4.69) is 5.32 Å². The highest BCUT2D eigenvalue weighted by molar-refractivity contribution is 7.91. The second-order valence-electron chi connectivity index (χ2n) is 6.44. The van der Waals surface area contributed by atoms with Gasteiger partial charge in [-0.1, -0.05) is 24.3 Å². The Morgan fingerprint density at radius 1 is 1.20 bits per heavy atom. The van der Waals surface area contributed by atoms with E-state index in [0.717, 1.165) is 5.56 Å². The Morgan fingerprint density at radius 2 is 2.00 bits per heavy atom. The van der Waals surface area contributed by atoms with Crippen LogP contribution in [-0.2, 0) is 14.6 Å². The summed E-state index contributed by atoms with van der Waals surface area (Å²) in [6.07, 6.45) is 0.759. The highest BCUT2D eigenvalue weighted by Gasteiger charge is 2.29. The van der Waals surface area contributed by atoms with Crippen LogP contribution in [0.3, 0.4) is 0 Å². The topological polar surface area (TPSA) is 72.5 Å². The van der Waals surface area contributed by atoms with Crippen molar-refractivity contribution < 1.29 is 17.9 Å². The first-order valence-corrected chi connectivity index (χ1v) is 10.1. The number of carbonyl (C=O) groups is 1. The number of anilines is 1. The van der Waals surface area contributed by atoms with Crippen molar-refractivity contribution in [1.82, 2.24) is 0 Å². The maximum atomic E-state index is 12.3. The number of nitrogens with one attached hydrogen (secondary N) is 1. The first-order chi connectivity index (χ1) is 11.9. The summed E-state index contributed by atoms with van der Waals surface area (Å²) in [6.45, 7) is 1.98. The van der Waals surface area contributed by atoms with Gasteiger partial charge in [0, 0.05) is 6.42 Å². The molecule has 0 saturated carbocycles. The fraction of sp³-hybridized carbons (Fsp3) is 0.316. The summed E-state index contributed by atoms with van der Waals surface area (Å²) < 4.78 is 28.9. The van der Waals surface area contributed by atoms with Crippen LogP contribution in [0.15, 0.2) is 48.5 Å². The van der Waals surface area contributed by atoms with Crippen molar-refractivity contribution in [3.8, 4) is 11.5 Å². The Balaban J connectivity index is 1.67. The Kier molecular flexibility index (Phi) is 5.08. The van der Waals surface area contributed by atoms with Gasteiger partial charge >= 0.3 is 0 Å². The molecule has 5 nitrogen and oxygen atoms in total. The number of hydrogen-bond donors (Lipinski definition) is 1. The van der Waals surface area contributed by atoms with Gasteiger partial charge in [-0.25, -0.2) is 8.42 Å². The number of benzene rings is 2. The SMILES string of the molecule is Cc1cccc(Oc2ccccc2NC(=O)CC2CCS(=O)(=O)C2)c1. The number of hydrogen-bond acceptors (Lipinski definition) is 4. The normalized spacial score (nSPS) is 18.7. The Hall–Kier alpha value is -2.34. The zero-order chi connectivity index (χ0) is 17.9. The molecule has 1 saturated heterocycles. The van der Waals surface area contributed by atoms with Crippen LogP contribution in [0, 0.1) is 12.8 Å². The van der Waals surface area contributed by atoms with Crippen molar-refractivity contribution >= 4 is 21.4 Å². The lowest BCUT2D eigenvalue weighted by Crippen LogP contribution is -2.17. The standard InChI is InChI=1S/C19H21NO4S/c1-14-5-4-6-16(11-14)24-18-8-3-2-7-17(18)20-19(21)12-15-9-10-25(22,23)13-15/h2-8,11,15H,9-10,12-13H2,1H3,(H,20,21). The summed E-state index contributed by atoms with van der Waals surface area (Å²) in [5.41, 5.74) is 1.66. The molecule has 1 aliphatic rings. The summed E-state index contributed by atoms with van der Waals surface area (Å²) in [5, 5.41) is 2.84. The number of amides is 1. The number of ether oxygens (including phenoxy) is 1. The van der Waals surface area contributed by atoms with Gasteiger partial charge in [-0.3, -0.25) is 4.79 Å². The monoisotopic (exact) mass is 359 g/mol. The van der Waals surface area contributed by atoms with E-state index in [1.165, 1.54) is 0 Å². The third kappa shape index (κ3) is 4.82. The molecule has 6 heteroatoms. The molecule has 0 bridgehead atoms. The Bertz CT molecular complexity index is 876. The maximum Gasteiger partial charge on any atom is 0.224 e. The number of para-hydroxylation sites is 2. The van der Waals surface area contributed by atoms with Gasteiger partial charge in [0.15, 0.2) is 15.6 Å². The van der Waals surface area contributed by atoms with Gasteiger partial charge in [-0.2, -0.15) is 0 Å². The van der Waals surface area contributed by atoms with Crippen LogP contribution >= 0.6 is 0 Å². The predicted octanol–water partition coefficient (Wildman–Crippen LogP) is 3.55. The molecule has 1 atom stereocenters. The molecule has 0 aromatic heterocycles. The first-order valence-electron chi connectivity index (χ1n) is 8.25. The molecule has 1 fully saturated rings. The maximum absolute atomic E-state index is 12.3. The molecule has 3 rings (SSSR count). The zero-order valence-electron chi connectivity index (χ0n) is 14.1. The zero-order valence-corrected chi connectivity index (χ0v) is 14.9. The van der Waals surface area contributed by atoms with Crippen LogP contribution in [0.4, 0.5) is 5.69 Å². The highest BCUT2D eigenvalue weighted by Crippen LogP contribution is 2.30. The number of rotatable bonds is 5. The Morgan fingerprint density at radius 3 is 2.72 bits per heavy atom. The van der Waals surface area contributed by atoms with E-state index >= 15 is 0 Å². The smallest absolute Gasteiger partial charge is 0.224 e.